The Balaban J connectivity index is 1.64. The van der Waals surface area contributed by atoms with Gasteiger partial charge in [0, 0.05) is 20.0 Å². The molecule has 2 fully saturated rings. The van der Waals surface area contributed by atoms with E-state index in [1.165, 1.54) is 6.92 Å². The Morgan fingerprint density at radius 2 is 1.46 bits per heavy atom. The molecule has 0 saturated carbocycles. The molecule has 0 radical (unpaired) electrons. The van der Waals surface area contributed by atoms with Gasteiger partial charge in [-0.2, -0.15) is 0 Å². The number of carbonyl (C=O) groups excluding carboxylic acids is 2. The first-order chi connectivity index (χ1) is 22.2. The summed E-state index contributed by atoms with van der Waals surface area (Å²) in [6, 6.07) is 0. The molecule has 0 aromatic carbocycles. The predicted octanol–water partition coefficient (Wildman–Crippen LogP) is 1.68. The van der Waals surface area contributed by atoms with Gasteiger partial charge in [-0.3, -0.25) is 9.59 Å². The first-order valence-corrected chi connectivity index (χ1v) is 17.0. The highest BCUT2D eigenvalue weighted by molar-refractivity contribution is 5.69. The number of ether oxygens (including phenoxy) is 6. The van der Waals surface area contributed by atoms with Crippen LogP contribution in [0.25, 0.3) is 0 Å². The Hall–Kier alpha value is -1.68. The van der Waals surface area contributed by atoms with Gasteiger partial charge in [-0.1, -0.05) is 50.7 Å². The molecule has 46 heavy (non-hydrogen) atoms. The van der Waals surface area contributed by atoms with Crippen molar-refractivity contribution >= 4 is 11.9 Å². The van der Waals surface area contributed by atoms with Crippen molar-refractivity contribution in [3.63, 3.8) is 0 Å². The van der Waals surface area contributed by atoms with Gasteiger partial charge >= 0.3 is 11.9 Å². The molecule has 4 rings (SSSR count). The Kier molecular flexibility index (Phi) is 18.0. The number of hydrogen-bond acceptors (Lipinski definition) is 13. The van der Waals surface area contributed by atoms with E-state index in [2.05, 4.69) is 12.2 Å². The van der Waals surface area contributed by atoms with Gasteiger partial charge in [0.1, 0.15) is 43.2 Å². The van der Waals surface area contributed by atoms with Crippen LogP contribution in [0.2, 0.25) is 0 Å². The van der Waals surface area contributed by atoms with E-state index in [0.29, 0.717) is 13.0 Å². The monoisotopic (exact) mass is 660 g/mol. The summed E-state index contributed by atoms with van der Waals surface area (Å²) in [5.41, 5.74) is 0. The van der Waals surface area contributed by atoms with Crippen molar-refractivity contribution < 1.29 is 63.5 Å². The Labute approximate surface area is 272 Å². The second-order valence-electron chi connectivity index (χ2n) is 12.6. The van der Waals surface area contributed by atoms with Gasteiger partial charge in [-0.25, -0.2) is 0 Å². The van der Waals surface area contributed by atoms with Crippen LogP contribution in [0.4, 0.5) is 0 Å². The van der Waals surface area contributed by atoms with Crippen molar-refractivity contribution in [2.45, 2.75) is 146 Å². The summed E-state index contributed by atoms with van der Waals surface area (Å²) in [7, 11) is 0. The third kappa shape index (κ3) is 12.7. The van der Waals surface area contributed by atoms with Crippen molar-refractivity contribution in [1.29, 1.82) is 0 Å². The van der Waals surface area contributed by atoms with Gasteiger partial charge in [-0.05, 0) is 38.5 Å². The number of fused-ring (bicyclic) bond motifs is 21. The molecular formula is C33H56O13. The zero-order chi connectivity index (χ0) is 33.3. The maximum absolute atomic E-state index is 12.5. The summed E-state index contributed by atoms with van der Waals surface area (Å²) < 4.78 is 33.9. The number of rotatable bonds is 3. The molecule has 0 spiro atoms. The van der Waals surface area contributed by atoms with Gasteiger partial charge in [-0.15, -0.1) is 0 Å². The standard InChI is InChI=1S/C33H56O13/c1-22(35)43-21-26-29(38)28(37)23-19-41-20-25-30(39)31(40)32(24(18-34)44-25)46-27(36)16-14-12-10-8-6-4-2-3-5-7-9-11-13-15-17-42-33(23)45-26/h2-3,23-26,28-34,37-40H,4-21H2,1H3/b3-2-/t23-,24-,25+,26-,28-,29-,30+,31-,32-,33-/m1/s1. The minimum Gasteiger partial charge on any atom is -0.463 e. The third-order valence-corrected chi connectivity index (χ3v) is 8.82. The third-order valence-electron chi connectivity index (χ3n) is 8.82. The summed E-state index contributed by atoms with van der Waals surface area (Å²) in [6.07, 6.45) is 5.32. The van der Waals surface area contributed by atoms with Crippen molar-refractivity contribution in [2.24, 2.45) is 5.92 Å². The van der Waals surface area contributed by atoms with Gasteiger partial charge in [0.2, 0.25) is 0 Å². The van der Waals surface area contributed by atoms with Gasteiger partial charge < -0.3 is 54.0 Å². The number of hydrogen-bond donors (Lipinski definition) is 5. The quantitative estimate of drug-likeness (QED) is 0.217. The molecule has 2 bridgehead atoms. The second-order valence-corrected chi connectivity index (χ2v) is 12.6. The zero-order valence-corrected chi connectivity index (χ0v) is 27.2. The van der Waals surface area contributed by atoms with Gasteiger partial charge in [0.25, 0.3) is 0 Å². The highest BCUT2D eigenvalue weighted by Crippen LogP contribution is 2.30. The lowest BCUT2D eigenvalue weighted by atomic mass is 9.91. The number of esters is 2. The fourth-order valence-electron chi connectivity index (χ4n) is 6.03. The number of allylic oxidation sites excluding steroid dienone is 2. The fourth-order valence-corrected chi connectivity index (χ4v) is 6.03. The van der Waals surface area contributed by atoms with E-state index in [9.17, 15) is 35.1 Å². The molecule has 4 heterocycles. The topological polar surface area (TPSA) is 191 Å². The fraction of sp³-hybridized carbons (Fsp3) is 0.879. The van der Waals surface area contributed by atoms with Crippen molar-refractivity contribution in [3.05, 3.63) is 12.2 Å². The summed E-state index contributed by atoms with van der Waals surface area (Å²) in [4.78, 5) is 23.8. The first-order valence-electron chi connectivity index (χ1n) is 17.0. The average Bonchev–Trinajstić information content (AvgIpc) is 3.03. The maximum atomic E-state index is 12.5. The van der Waals surface area contributed by atoms with Crippen LogP contribution >= 0.6 is 0 Å². The molecule has 4 aliphatic heterocycles. The molecule has 2 saturated heterocycles. The SMILES string of the molecule is CC(=O)OC[C@H]1O[C@H]2OCCCCCCC/C=C\CCCCCCCC(=O)O[C@H]3[C@H](O)[C@@H](O)[C@H](COC[C@@H]2[C@@H](O)[C@@H]1O)O[C@@H]3CO. The summed E-state index contributed by atoms with van der Waals surface area (Å²) >= 11 is 0. The number of aliphatic hydroxyl groups excluding tert-OH is 5. The normalized spacial score (nSPS) is 38.0. The van der Waals surface area contributed by atoms with E-state index in [1.54, 1.807) is 0 Å². The van der Waals surface area contributed by atoms with E-state index in [4.69, 9.17) is 28.4 Å². The van der Waals surface area contributed by atoms with E-state index in [0.717, 1.165) is 70.6 Å². The van der Waals surface area contributed by atoms with Crippen LogP contribution in [0.1, 0.15) is 90.4 Å². The van der Waals surface area contributed by atoms with E-state index in [1.807, 2.05) is 0 Å². The molecule has 266 valence electrons. The average molecular weight is 661 g/mol. The molecule has 10 atom stereocenters. The molecule has 0 aromatic rings. The molecule has 0 aromatic heterocycles. The number of carbonyl (C=O) groups is 2. The molecule has 0 unspecified atom stereocenters. The number of aliphatic hydroxyl groups is 5. The van der Waals surface area contributed by atoms with Crippen molar-refractivity contribution in [3.8, 4) is 0 Å². The van der Waals surface area contributed by atoms with Crippen LogP contribution in [-0.4, -0.2) is 126 Å². The second kappa shape index (κ2) is 21.3. The van der Waals surface area contributed by atoms with Crippen molar-refractivity contribution in [1.82, 2.24) is 0 Å². The van der Waals surface area contributed by atoms with Crippen LogP contribution in [-0.2, 0) is 38.0 Å². The lowest BCUT2D eigenvalue weighted by Gasteiger charge is -2.43. The van der Waals surface area contributed by atoms with E-state index in [-0.39, 0.29) is 26.2 Å². The predicted molar refractivity (Wildman–Crippen MR) is 164 cm³/mol. The highest BCUT2D eigenvalue weighted by atomic mass is 16.7. The molecular weight excluding hydrogens is 604 g/mol. The first kappa shape index (κ1) is 38.8. The largest absolute Gasteiger partial charge is 0.463 e. The molecule has 4 aliphatic rings. The van der Waals surface area contributed by atoms with Gasteiger partial charge in [0.15, 0.2) is 12.4 Å². The van der Waals surface area contributed by atoms with Crippen LogP contribution in [0.3, 0.4) is 0 Å². The minimum absolute atomic E-state index is 0.159. The highest BCUT2D eigenvalue weighted by Gasteiger charge is 2.48. The van der Waals surface area contributed by atoms with Gasteiger partial charge in [0.05, 0.1) is 31.8 Å². The summed E-state index contributed by atoms with van der Waals surface area (Å²) in [5.74, 6) is -1.92. The molecule has 0 aliphatic carbocycles. The van der Waals surface area contributed by atoms with Crippen molar-refractivity contribution in [2.75, 3.05) is 33.0 Å². The zero-order valence-electron chi connectivity index (χ0n) is 27.2. The summed E-state index contributed by atoms with van der Waals surface area (Å²) in [6.45, 7) is 0.352. The molecule has 13 nitrogen and oxygen atoms in total. The Bertz CT molecular complexity index is 899. The van der Waals surface area contributed by atoms with Crippen LogP contribution in [0.15, 0.2) is 12.2 Å². The Morgan fingerprint density at radius 1 is 0.804 bits per heavy atom. The van der Waals surface area contributed by atoms with Crippen LogP contribution in [0.5, 0.6) is 0 Å². The summed E-state index contributed by atoms with van der Waals surface area (Å²) in [5, 5.41) is 53.2. The maximum Gasteiger partial charge on any atom is 0.306 e. The molecule has 0 amide bonds. The van der Waals surface area contributed by atoms with Crippen LogP contribution in [0, 0.1) is 5.92 Å². The Morgan fingerprint density at radius 3 is 2.13 bits per heavy atom. The lowest BCUT2D eigenvalue weighted by molar-refractivity contribution is -0.295. The van der Waals surface area contributed by atoms with E-state index < -0.39 is 79.6 Å². The van der Waals surface area contributed by atoms with E-state index >= 15 is 0 Å². The lowest BCUT2D eigenvalue weighted by Crippen LogP contribution is -2.61. The van der Waals surface area contributed by atoms with Crippen LogP contribution < -0.4 is 0 Å². The smallest absolute Gasteiger partial charge is 0.306 e. The molecule has 13 heteroatoms. The molecule has 5 N–H and O–H groups in total. The minimum atomic E-state index is -1.52.